The van der Waals surface area contributed by atoms with Gasteiger partial charge in [0.2, 0.25) is 11.8 Å². The van der Waals surface area contributed by atoms with E-state index in [4.69, 9.17) is 23.2 Å². The highest BCUT2D eigenvalue weighted by Gasteiger charge is 2.16. The second-order valence-corrected chi connectivity index (χ2v) is 5.51. The summed E-state index contributed by atoms with van der Waals surface area (Å²) in [5.74, 6) is -0.545. The second-order valence-electron chi connectivity index (χ2n) is 4.64. The zero-order chi connectivity index (χ0) is 16.1. The fourth-order valence-electron chi connectivity index (χ4n) is 1.92. The molecular formula is C16H14Cl2N2O2. The predicted octanol–water partition coefficient (Wildman–Crippen LogP) is 3.99. The fourth-order valence-corrected chi connectivity index (χ4v) is 2.23. The third kappa shape index (κ3) is 4.48. The van der Waals surface area contributed by atoms with Gasteiger partial charge in [-0.15, -0.1) is 0 Å². The van der Waals surface area contributed by atoms with Crippen LogP contribution in [0.25, 0.3) is 0 Å². The molecule has 4 nitrogen and oxygen atoms in total. The summed E-state index contributed by atoms with van der Waals surface area (Å²) in [4.78, 5) is 25.2. The number of carbonyl (C=O) groups excluding carboxylic acids is 2. The minimum atomic E-state index is -0.313. The first-order valence-corrected chi connectivity index (χ1v) is 7.30. The first-order chi connectivity index (χ1) is 10.5. The van der Waals surface area contributed by atoms with Crippen molar-refractivity contribution in [3.63, 3.8) is 0 Å². The summed E-state index contributed by atoms with van der Waals surface area (Å²) in [5, 5.41) is 3.80. The molecule has 2 rings (SSSR count). The van der Waals surface area contributed by atoms with Crippen LogP contribution in [0.5, 0.6) is 0 Å². The van der Waals surface area contributed by atoms with Crippen LogP contribution in [0.2, 0.25) is 10.0 Å². The molecule has 0 atom stereocenters. The van der Waals surface area contributed by atoms with E-state index in [0.29, 0.717) is 21.4 Å². The van der Waals surface area contributed by atoms with Gasteiger partial charge in [-0.2, -0.15) is 0 Å². The summed E-state index contributed by atoms with van der Waals surface area (Å²) in [7, 11) is 0. The van der Waals surface area contributed by atoms with Crippen molar-refractivity contribution < 1.29 is 9.59 Å². The molecule has 0 unspecified atom stereocenters. The molecule has 2 aromatic carbocycles. The van der Waals surface area contributed by atoms with Crippen molar-refractivity contribution in [1.82, 2.24) is 0 Å². The van der Waals surface area contributed by atoms with E-state index in [1.807, 2.05) is 0 Å². The minimum absolute atomic E-state index is 0.0938. The zero-order valence-electron chi connectivity index (χ0n) is 11.8. The highest BCUT2D eigenvalue weighted by Crippen LogP contribution is 2.19. The van der Waals surface area contributed by atoms with Crippen molar-refractivity contribution in [3.05, 3.63) is 58.6 Å². The lowest BCUT2D eigenvalue weighted by Crippen LogP contribution is -2.36. The van der Waals surface area contributed by atoms with Crippen molar-refractivity contribution in [3.8, 4) is 0 Å². The molecule has 0 fully saturated rings. The van der Waals surface area contributed by atoms with Gasteiger partial charge in [-0.05, 0) is 42.5 Å². The van der Waals surface area contributed by atoms with Crippen LogP contribution in [0.3, 0.4) is 0 Å². The van der Waals surface area contributed by atoms with Gasteiger partial charge in [0, 0.05) is 28.3 Å². The zero-order valence-corrected chi connectivity index (χ0v) is 13.4. The number of anilines is 2. The van der Waals surface area contributed by atoms with Crippen LogP contribution in [0, 0.1) is 0 Å². The number of carbonyl (C=O) groups is 2. The lowest BCUT2D eigenvalue weighted by Gasteiger charge is -2.20. The van der Waals surface area contributed by atoms with Gasteiger partial charge in [0.1, 0.15) is 6.54 Å². The van der Waals surface area contributed by atoms with Crippen LogP contribution < -0.4 is 10.2 Å². The van der Waals surface area contributed by atoms with Crippen LogP contribution in [0.4, 0.5) is 11.4 Å². The number of rotatable bonds is 4. The van der Waals surface area contributed by atoms with Gasteiger partial charge in [0.15, 0.2) is 0 Å². The molecule has 0 saturated heterocycles. The molecule has 0 heterocycles. The van der Waals surface area contributed by atoms with Crippen molar-refractivity contribution in [2.45, 2.75) is 6.92 Å². The van der Waals surface area contributed by atoms with E-state index in [1.165, 1.54) is 11.8 Å². The molecule has 0 spiro atoms. The second kappa shape index (κ2) is 7.29. The number of hydrogen-bond acceptors (Lipinski definition) is 2. The average molecular weight is 337 g/mol. The van der Waals surface area contributed by atoms with E-state index in [0.717, 1.165) is 0 Å². The third-order valence-corrected chi connectivity index (χ3v) is 3.42. The van der Waals surface area contributed by atoms with Crippen LogP contribution in [-0.4, -0.2) is 18.4 Å². The Morgan fingerprint density at radius 1 is 1.05 bits per heavy atom. The Bertz CT molecular complexity index is 687. The van der Waals surface area contributed by atoms with E-state index in [-0.39, 0.29) is 18.4 Å². The molecule has 2 aromatic rings. The first kappa shape index (κ1) is 16.3. The molecule has 22 heavy (non-hydrogen) atoms. The maximum atomic E-state index is 12.1. The van der Waals surface area contributed by atoms with E-state index in [1.54, 1.807) is 48.5 Å². The van der Waals surface area contributed by atoms with Crippen LogP contribution in [0.1, 0.15) is 6.92 Å². The largest absolute Gasteiger partial charge is 0.324 e. The Morgan fingerprint density at radius 3 is 2.32 bits per heavy atom. The lowest BCUT2D eigenvalue weighted by atomic mass is 10.2. The van der Waals surface area contributed by atoms with Gasteiger partial charge in [-0.3, -0.25) is 9.59 Å². The SMILES string of the molecule is CC(=O)N(CC(=O)Nc1cccc(Cl)c1)c1ccc(Cl)cc1. The van der Waals surface area contributed by atoms with E-state index in [2.05, 4.69) is 5.32 Å². The van der Waals surface area contributed by atoms with Gasteiger partial charge < -0.3 is 10.2 Å². The topological polar surface area (TPSA) is 49.4 Å². The number of benzene rings is 2. The highest BCUT2D eigenvalue weighted by molar-refractivity contribution is 6.31. The Labute approximate surface area is 138 Å². The van der Waals surface area contributed by atoms with Crippen molar-refractivity contribution in [2.24, 2.45) is 0 Å². The van der Waals surface area contributed by atoms with Crippen molar-refractivity contribution >= 4 is 46.4 Å². The van der Waals surface area contributed by atoms with Gasteiger partial charge in [-0.25, -0.2) is 0 Å². The van der Waals surface area contributed by atoms with E-state index in [9.17, 15) is 9.59 Å². The third-order valence-electron chi connectivity index (χ3n) is 2.93. The molecule has 2 amide bonds. The Kier molecular flexibility index (Phi) is 5.41. The summed E-state index contributed by atoms with van der Waals surface area (Å²) in [6, 6.07) is 13.5. The normalized spacial score (nSPS) is 10.1. The molecule has 0 aromatic heterocycles. The quantitative estimate of drug-likeness (QED) is 0.917. The van der Waals surface area contributed by atoms with Crippen LogP contribution in [0.15, 0.2) is 48.5 Å². The summed E-state index contributed by atoms with van der Waals surface area (Å²) < 4.78 is 0. The maximum Gasteiger partial charge on any atom is 0.244 e. The fraction of sp³-hybridized carbons (Fsp3) is 0.125. The molecule has 0 aliphatic rings. The molecule has 0 aliphatic carbocycles. The minimum Gasteiger partial charge on any atom is -0.324 e. The average Bonchev–Trinajstić information content (AvgIpc) is 2.45. The van der Waals surface area contributed by atoms with Crippen molar-refractivity contribution in [2.75, 3.05) is 16.8 Å². The Hall–Kier alpha value is -2.04. The predicted molar refractivity (Wildman–Crippen MR) is 89.6 cm³/mol. The molecule has 0 radical (unpaired) electrons. The first-order valence-electron chi connectivity index (χ1n) is 6.55. The number of nitrogens with one attached hydrogen (secondary N) is 1. The summed E-state index contributed by atoms with van der Waals surface area (Å²) in [6.07, 6.45) is 0. The molecular weight excluding hydrogens is 323 g/mol. The molecule has 6 heteroatoms. The Morgan fingerprint density at radius 2 is 1.73 bits per heavy atom. The number of halogens is 2. The maximum absolute atomic E-state index is 12.1. The van der Waals surface area contributed by atoms with Gasteiger partial charge in [-0.1, -0.05) is 29.3 Å². The van der Waals surface area contributed by atoms with Gasteiger partial charge in [0.05, 0.1) is 0 Å². The molecule has 0 saturated carbocycles. The van der Waals surface area contributed by atoms with Crippen LogP contribution in [-0.2, 0) is 9.59 Å². The molecule has 1 N–H and O–H groups in total. The lowest BCUT2D eigenvalue weighted by molar-refractivity contribution is -0.120. The Balaban J connectivity index is 2.09. The standard InChI is InChI=1S/C16H14Cl2N2O2/c1-11(21)20(15-7-5-12(17)6-8-15)10-16(22)19-14-4-2-3-13(18)9-14/h2-9H,10H2,1H3,(H,19,22). The monoisotopic (exact) mass is 336 g/mol. The summed E-state index contributed by atoms with van der Waals surface area (Å²) in [5.41, 5.74) is 1.19. The van der Waals surface area contributed by atoms with Crippen LogP contribution >= 0.6 is 23.2 Å². The number of amides is 2. The van der Waals surface area contributed by atoms with Crippen molar-refractivity contribution in [1.29, 1.82) is 0 Å². The van der Waals surface area contributed by atoms with E-state index >= 15 is 0 Å². The molecule has 0 bridgehead atoms. The summed E-state index contributed by atoms with van der Waals surface area (Å²) in [6.45, 7) is 1.31. The van der Waals surface area contributed by atoms with Gasteiger partial charge >= 0.3 is 0 Å². The highest BCUT2D eigenvalue weighted by atomic mass is 35.5. The smallest absolute Gasteiger partial charge is 0.244 e. The molecule has 0 aliphatic heterocycles. The number of nitrogens with zero attached hydrogens (tertiary/aromatic N) is 1. The van der Waals surface area contributed by atoms with Gasteiger partial charge in [0.25, 0.3) is 0 Å². The summed E-state index contributed by atoms with van der Waals surface area (Å²) >= 11 is 11.7. The number of hydrogen-bond donors (Lipinski definition) is 1. The molecule has 114 valence electrons. The van der Waals surface area contributed by atoms with E-state index < -0.39 is 0 Å².